The van der Waals surface area contributed by atoms with Crippen LogP contribution in [0.25, 0.3) is 11.8 Å². The Morgan fingerprint density at radius 3 is 2.35 bits per heavy atom. The molecule has 1 atom stereocenters. The van der Waals surface area contributed by atoms with Crippen LogP contribution < -0.4 is 19.6 Å². The molecule has 8 nitrogen and oxygen atoms in total. The summed E-state index contributed by atoms with van der Waals surface area (Å²) in [6, 6.07) is 20.3. The molecule has 0 saturated carbocycles. The summed E-state index contributed by atoms with van der Waals surface area (Å²) in [5.74, 6) is -0.760. The molecule has 11 heteroatoms. The minimum atomic E-state index is -0.844. The number of aromatic nitrogens is 1. The van der Waals surface area contributed by atoms with E-state index < -0.39 is 18.0 Å². The minimum Gasteiger partial charge on any atom is -0.481 e. The second-order valence-electron chi connectivity index (χ2n) is 9.26. The highest BCUT2D eigenvalue weighted by atomic mass is 35.5. The van der Waals surface area contributed by atoms with Gasteiger partial charge in [0.1, 0.15) is 5.75 Å². The molecule has 0 unspecified atom stereocenters. The molecule has 0 fully saturated rings. The van der Waals surface area contributed by atoms with E-state index in [1.807, 2.05) is 30.3 Å². The van der Waals surface area contributed by atoms with Crippen LogP contribution in [-0.2, 0) is 19.1 Å². The molecule has 0 spiro atoms. The molecule has 0 amide bonds. The van der Waals surface area contributed by atoms with E-state index in [4.69, 9.17) is 42.4 Å². The molecule has 1 aromatic heterocycles. The minimum absolute atomic E-state index is 0.144. The average Bonchev–Trinajstić information content (AvgIpc) is 3.31. The third-order valence-electron chi connectivity index (χ3n) is 6.47. The molecular weight excluding hydrogens is 611 g/mol. The average molecular weight is 638 g/mol. The van der Waals surface area contributed by atoms with Gasteiger partial charge in [-0.05, 0) is 55.8 Å². The number of esters is 2. The highest BCUT2D eigenvalue weighted by Crippen LogP contribution is 2.35. The summed E-state index contributed by atoms with van der Waals surface area (Å²) >= 11 is 13.6. The van der Waals surface area contributed by atoms with E-state index in [1.54, 1.807) is 62.4 Å². The van der Waals surface area contributed by atoms with Gasteiger partial charge in [0, 0.05) is 21.2 Å². The Morgan fingerprint density at radius 1 is 0.953 bits per heavy atom. The second-order valence-corrected chi connectivity index (χ2v) is 11.1. The number of ether oxygens (including phenoxy) is 3. The number of hydrogen-bond donors (Lipinski definition) is 0. The van der Waals surface area contributed by atoms with E-state index in [1.165, 1.54) is 4.57 Å². The Labute approximate surface area is 261 Å². The van der Waals surface area contributed by atoms with E-state index in [0.29, 0.717) is 47.5 Å². The fourth-order valence-electron chi connectivity index (χ4n) is 4.64. The van der Waals surface area contributed by atoms with Crippen LogP contribution in [-0.4, -0.2) is 36.3 Å². The SMILES string of the molecule is CCOC(=O)COc1ccc(Cl)cc1/C=c1\sc2n(c1=O)[C@H](c1ccc(Cl)cc1)C(C(=O)OCC)=C(c1ccccc1)N=2. The van der Waals surface area contributed by atoms with Crippen LogP contribution in [0.4, 0.5) is 0 Å². The van der Waals surface area contributed by atoms with Crippen molar-refractivity contribution in [1.82, 2.24) is 4.57 Å². The lowest BCUT2D eigenvalue weighted by atomic mass is 9.93. The van der Waals surface area contributed by atoms with Crippen molar-refractivity contribution in [1.29, 1.82) is 0 Å². The van der Waals surface area contributed by atoms with Crippen molar-refractivity contribution < 1.29 is 23.8 Å². The van der Waals surface area contributed by atoms with Crippen LogP contribution in [0.15, 0.2) is 88.2 Å². The number of rotatable bonds is 9. The lowest BCUT2D eigenvalue weighted by molar-refractivity contribution is -0.145. The Hall–Kier alpha value is -4.18. The predicted octanol–water partition coefficient (Wildman–Crippen LogP) is 5.18. The van der Waals surface area contributed by atoms with Gasteiger partial charge in [0.25, 0.3) is 5.56 Å². The van der Waals surface area contributed by atoms with Gasteiger partial charge in [-0.15, -0.1) is 0 Å². The van der Waals surface area contributed by atoms with E-state index in [0.717, 1.165) is 11.3 Å². The standard InChI is InChI=1S/C32H26Cl2N2O6S/c1-3-40-26(37)18-42-24-15-14-23(34)16-21(24)17-25-30(38)36-29(20-10-12-22(33)13-11-20)27(31(39)41-4-2)28(35-32(36)43-25)19-8-6-5-7-9-19/h5-17,29H,3-4,18H2,1-2H3/b25-17-/t29-/m1/s1. The number of halogens is 2. The van der Waals surface area contributed by atoms with Gasteiger partial charge in [-0.3, -0.25) is 9.36 Å². The van der Waals surface area contributed by atoms with E-state index in [-0.39, 0.29) is 31.0 Å². The molecule has 43 heavy (non-hydrogen) atoms. The Bertz CT molecular complexity index is 1880. The smallest absolute Gasteiger partial charge is 0.344 e. The summed E-state index contributed by atoms with van der Waals surface area (Å²) in [4.78, 5) is 44.8. The number of nitrogens with zero attached hydrogens (tertiary/aromatic N) is 2. The zero-order chi connectivity index (χ0) is 30.5. The molecule has 5 rings (SSSR count). The highest BCUT2D eigenvalue weighted by molar-refractivity contribution is 7.07. The maximum atomic E-state index is 14.1. The van der Waals surface area contributed by atoms with Gasteiger partial charge in [-0.2, -0.15) is 0 Å². The molecule has 0 saturated heterocycles. The first-order valence-corrected chi connectivity index (χ1v) is 15.0. The van der Waals surface area contributed by atoms with Gasteiger partial charge >= 0.3 is 11.9 Å². The quantitative estimate of drug-likeness (QED) is 0.235. The van der Waals surface area contributed by atoms with Gasteiger partial charge < -0.3 is 14.2 Å². The maximum absolute atomic E-state index is 14.1. The summed E-state index contributed by atoms with van der Waals surface area (Å²) < 4.78 is 18.0. The number of fused-ring (bicyclic) bond motifs is 1. The molecular formula is C32H26Cl2N2O6S. The lowest BCUT2D eigenvalue weighted by Gasteiger charge is -2.25. The van der Waals surface area contributed by atoms with Gasteiger partial charge in [0.05, 0.1) is 35.1 Å². The summed E-state index contributed by atoms with van der Waals surface area (Å²) in [5, 5.41) is 0.926. The number of benzene rings is 3. The Balaban J connectivity index is 1.74. The van der Waals surface area contributed by atoms with E-state index in [9.17, 15) is 14.4 Å². The first-order chi connectivity index (χ1) is 20.8. The van der Waals surface area contributed by atoms with Crippen LogP contribution in [0.1, 0.15) is 36.6 Å². The zero-order valence-electron chi connectivity index (χ0n) is 23.2. The predicted molar refractivity (Wildman–Crippen MR) is 166 cm³/mol. The van der Waals surface area contributed by atoms with Crippen LogP contribution in [0.2, 0.25) is 10.0 Å². The molecule has 0 radical (unpaired) electrons. The normalized spacial score (nSPS) is 14.6. The van der Waals surface area contributed by atoms with Crippen molar-refractivity contribution in [2.75, 3.05) is 19.8 Å². The van der Waals surface area contributed by atoms with Crippen molar-refractivity contribution in [3.63, 3.8) is 0 Å². The fraction of sp³-hybridized carbons (Fsp3) is 0.188. The maximum Gasteiger partial charge on any atom is 0.344 e. The molecule has 4 aromatic rings. The number of carbonyl (C=O) groups is 2. The third kappa shape index (κ3) is 6.59. The first-order valence-electron chi connectivity index (χ1n) is 13.4. The summed E-state index contributed by atoms with van der Waals surface area (Å²) in [7, 11) is 0. The molecule has 0 aliphatic carbocycles. The van der Waals surface area contributed by atoms with Gasteiger partial charge in [-0.25, -0.2) is 14.6 Å². The van der Waals surface area contributed by atoms with Gasteiger partial charge in [0.15, 0.2) is 11.4 Å². The molecule has 0 N–H and O–H groups in total. The lowest BCUT2D eigenvalue weighted by Crippen LogP contribution is -2.40. The van der Waals surface area contributed by atoms with Crippen LogP contribution in [0.5, 0.6) is 5.75 Å². The van der Waals surface area contributed by atoms with Gasteiger partial charge in [-0.1, -0.05) is 77.0 Å². The summed E-state index contributed by atoms with van der Waals surface area (Å²) in [6.07, 6.45) is 1.63. The monoisotopic (exact) mass is 636 g/mol. The Kier molecular flexibility index (Phi) is 9.45. The van der Waals surface area contributed by atoms with Crippen molar-refractivity contribution in [3.05, 3.63) is 125 Å². The molecule has 1 aliphatic heterocycles. The number of carbonyl (C=O) groups excluding carboxylic acids is 2. The Morgan fingerprint density at radius 2 is 1.65 bits per heavy atom. The zero-order valence-corrected chi connectivity index (χ0v) is 25.5. The van der Waals surface area contributed by atoms with Crippen molar-refractivity contribution in [2.24, 2.45) is 4.99 Å². The van der Waals surface area contributed by atoms with Crippen LogP contribution in [0.3, 0.4) is 0 Å². The summed E-state index contributed by atoms with van der Waals surface area (Å²) in [5.41, 5.74) is 2.10. The fourth-order valence-corrected chi connectivity index (χ4v) is 5.94. The van der Waals surface area contributed by atoms with Crippen LogP contribution in [0, 0.1) is 0 Å². The van der Waals surface area contributed by atoms with Crippen molar-refractivity contribution in [3.8, 4) is 5.75 Å². The molecule has 0 bridgehead atoms. The second kappa shape index (κ2) is 13.4. The van der Waals surface area contributed by atoms with Gasteiger partial charge in [0.2, 0.25) is 0 Å². The molecule has 220 valence electrons. The van der Waals surface area contributed by atoms with Crippen LogP contribution >= 0.6 is 34.5 Å². The first kappa shape index (κ1) is 30.3. The molecule has 1 aliphatic rings. The van der Waals surface area contributed by atoms with E-state index in [2.05, 4.69) is 0 Å². The topological polar surface area (TPSA) is 96.2 Å². The molecule has 3 aromatic carbocycles. The van der Waals surface area contributed by atoms with E-state index >= 15 is 0 Å². The number of hydrogen-bond acceptors (Lipinski definition) is 8. The van der Waals surface area contributed by atoms with Crippen molar-refractivity contribution in [2.45, 2.75) is 19.9 Å². The molecule has 2 heterocycles. The third-order valence-corrected chi connectivity index (χ3v) is 7.94. The number of thiazole rings is 1. The summed E-state index contributed by atoms with van der Waals surface area (Å²) in [6.45, 7) is 3.49. The largest absolute Gasteiger partial charge is 0.481 e. The highest BCUT2D eigenvalue weighted by Gasteiger charge is 2.35. The van der Waals surface area contributed by atoms with Crippen molar-refractivity contribution >= 4 is 58.3 Å².